The van der Waals surface area contributed by atoms with Crippen LogP contribution in [-0.2, 0) is 4.74 Å². The number of hydrogen-bond acceptors (Lipinski definition) is 4. The Labute approximate surface area is 125 Å². The fourth-order valence-corrected chi connectivity index (χ4v) is 3.05. The summed E-state index contributed by atoms with van der Waals surface area (Å²) in [5.74, 6) is -0.388. The van der Waals surface area contributed by atoms with Crippen LogP contribution >= 0.6 is 15.9 Å². The third-order valence-electron chi connectivity index (χ3n) is 3.70. The molecule has 0 radical (unpaired) electrons. The number of ether oxygens (including phenoxy) is 1. The SMILES string of the molecule is COC(=O)c1nn(C2CCNCC2)c2ccc(Br)cc12. The lowest BCUT2D eigenvalue weighted by atomic mass is 10.1. The average molecular weight is 338 g/mol. The van der Waals surface area contributed by atoms with E-state index in [-0.39, 0.29) is 5.97 Å². The van der Waals surface area contributed by atoms with Crippen molar-refractivity contribution in [3.63, 3.8) is 0 Å². The highest BCUT2D eigenvalue weighted by Crippen LogP contribution is 2.28. The fourth-order valence-electron chi connectivity index (χ4n) is 2.69. The number of esters is 1. The van der Waals surface area contributed by atoms with E-state index in [1.807, 2.05) is 22.9 Å². The van der Waals surface area contributed by atoms with E-state index < -0.39 is 0 Å². The molecule has 106 valence electrons. The molecule has 1 aliphatic rings. The summed E-state index contributed by atoms with van der Waals surface area (Å²) in [5, 5.41) is 8.70. The van der Waals surface area contributed by atoms with Crippen molar-refractivity contribution in [2.75, 3.05) is 20.2 Å². The molecule has 6 heteroatoms. The van der Waals surface area contributed by atoms with Crippen LogP contribution in [0.2, 0.25) is 0 Å². The van der Waals surface area contributed by atoms with Crippen LogP contribution in [0.5, 0.6) is 0 Å². The molecule has 2 heterocycles. The second kappa shape index (κ2) is 5.54. The van der Waals surface area contributed by atoms with Gasteiger partial charge in [0.1, 0.15) is 0 Å². The van der Waals surface area contributed by atoms with Crippen LogP contribution in [0.3, 0.4) is 0 Å². The first kappa shape index (κ1) is 13.6. The number of hydrogen-bond donors (Lipinski definition) is 1. The van der Waals surface area contributed by atoms with Crippen LogP contribution < -0.4 is 5.32 Å². The summed E-state index contributed by atoms with van der Waals surface area (Å²) in [6.07, 6.45) is 2.04. The molecule has 1 aromatic heterocycles. The molecule has 5 nitrogen and oxygen atoms in total. The van der Waals surface area contributed by atoms with Crippen molar-refractivity contribution in [3.8, 4) is 0 Å². The lowest BCUT2D eigenvalue weighted by molar-refractivity contribution is 0.0594. The minimum absolute atomic E-state index is 0.332. The van der Waals surface area contributed by atoms with E-state index in [1.165, 1.54) is 7.11 Å². The third kappa shape index (κ3) is 2.33. The maximum absolute atomic E-state index is 11.9. The van der Waals surface area contributed by atoms with Crippen molar-refractivity contribution in [2.45, 2.75) is 18.9 Å². The van der Waals surface area contributed by atoms with Gasteiger partial charge in [-0.15, -0.1) is 0 Å². The number of aromatic nitrogens is 2. The number of carbonyl (C=O) groups excluding carboxylic acids is 1. The summed E-state index contributed by atoms with van der Waals surface area (Å²) in [5.41, 5.74) is 1.38. The zero-order valence-electron chi connectivity index (χ0n) is 11.2. The lowest BCUT2D eigenvalue weighted by Crippen LogP contribution is -2.30. The number of carbonyl (C=O) groups is 1. The number of piperidine rings is 1. The van der Waals surface area contributed by atoms with Crippen molar-refractivity contribution in [2.24, 2.45) is 0 Å². The van der Waals surface area contributed by atoms with Gasteiger partial charge in [0.15, 0.2) is 5.69 Å². The molecule has 0 atom stereocenters. The van der Waals surface area contributed by atoms with Gasteiger partial charge in [0.05, 0.1) is 18.7 Å². The molecule has 1 fully saturated rings. The standard InChI is InChI=1S/C14H16BrN3O2/c1-20-14(19)13-11-8-9(15)2-3-12(11)18(17-13)10-4-6-16-7-5-10/h2-3,8,10,16H,4-7H2,1H3. The average Bonchev–Trinajstić information content (AvgIpc) is 2.86. The van der Waals surface area contributed by atoms with Gasteiger partial charge in [0.2, 0.25) is 0 Å². The molecule has 2 aromatic rings. The number of halogens is 1. The van der Waals surface area contributed by atoms with Crippen LogP contribution in [0.15, 0.2) is 22.7 Å². The van der Waals surface area contributed by atoms with Gasteiger partial charge in [-0.25, -0.2) is 4.79 Å². The van der Waals surface area contributed by atoms with E-state index in [9.17, 15) is 4.79 Å². The molecule has 0 spiro atoms. The van der Waals surface area contributed by atoms with Crippen molar-refractivity contribution < 1.29 is 9.53 Å². The highest BCUT2D eigenvalue weighted by atomic mass is 79.9. The van der Waals surface area contributed by atoms with Crippen molar-refractivity contribution >= 4 is 32.8 Å². The third-order valence-corrected chi connectivity index (χ3v) is 4.19. The van der Waals surface area contributed by atoms with E-state index in [4.69, 9.17) is 4.74 Å². The smallest absolute Gasteiger partial charge is 0.359 e. The minimum Gasteiger partial charge on any atom is -0.464 e. The van der Waals surface area contributed by atoms with Gasteiger partial charge < -0.3 is 10.1 Å². The topological polar surface area (TPSA) is 56.1 Å². The lowest BCUT2D eigenvalue weighted by Gasteiger charge is -2.23. The molecular formula is C14H16BrN3O2. The van der Waals surface area contributed by atoms with Crippen LogP contribution in [0, 0.1) is 0 Å². The summed E-state index contributed by atoms with van der Waals surface area (Å²) in [6.45, 7) is 1.96. The predicted molar refractivity (Wildman–Crippen MR) is 79.9 cm³/mol. The van der Waals surface area contributed by atoms with Crippen molar-refractivity contribution in [3.05, 3.63) is 28.4 Å². The monoisotopic (exact) mass is 337 g/mol. The summed E-state index contributed by atoms with van der Waals surface area (Å²) in [6, 6.07) is 6.23. The van der Waals surface area contributed by atoms with Gasteiger partial charge in [-0.05, 0) is 44.1 Å². The van der Waals surface area contributed by atoms with E-state index in [1.54, 1.807) is 0 Å². The van der Waals surface area contributed by atoms with Crippen LogP contribution in [-0.4, -0.2) is 35.9 Å². The molecular weight excluding hydrogens is 322 g/mol. The Morgan fingerprint density at radius 2 is 2.20 bits per heavy atom. The number of fused-ring (bicyclic) bond motifs is 1. The summed E-state index contributed by atoms with van der Waals surface area (Å²) in [7, 11) is 1.38. The molecule has 1 aromatic carbocycles. The number of nitrogens with zero attached hydrogens (tertiary/aromatic N) is 2. The highest BCUT2D eigenvalue weighted by molar-refractivity contribution is 9.10. The van der Waals surface area contributed by atoms with Crippen molar-refractivity contribution in [1.29, 1.82) is 0 Å². The Balaban J connectivity index is 2.14. The van der Waals surface area contributed by atoms with E-state index in [0.717, 1.165) is 41.3 Å². The van der Waals surface area contributed by atoms with Gasteiger partial charge in [-0.1, -0.05) is 15.9 Å². The number of benzene rings is 1. The summed E-state index contributed by atoms with van der Waals surface area (Å²) < 4.78 is 7.75. The van der Waals surface area contributed by atoms with Gasteiger partial charge >= 0.3 is 5.97 Å². The van der Waals surface area contributed by atoms with Crippen molar-refractivity contribution in [1.82, 2.24) is 15.1 Å². The number of methoxy groups -OCH3 is 1. The molecule has 1 N–H and O–H groups in total. The highest BCUT2D eigenvalue weighted by Gasteiger charge is 2.23. The summed E-state index contributed by atoms with van der Waals surface area (Å²) >= 11 is 3.44. The molecule has 1 aliphatic heterocycles. The van der Waals surface area contributed by atoms with Gasteiger partial charge in [-0.2, -0.15) is 5.10 Å². The fraction of sp³-hybridized carbons (Fsp3) is 0.429. The first-order valence-electron chi connectivity index (χ1n) is 6.67. The maximum atomic E-state index is 11.9. The number of rotatable bonds is 2. The molecule has 0 saturated carbocycles. The molecule has 20 heavy (non-hydrogen) atoms. The first-order chi connectivity index (χ1) is 9.70. The van der Waals surface area contributed by atoms with Gasteiger partial charge in [0, 0.05) is 9.86 Å². The largest absolute Gasteiger partial charge is 0.464 e. The molecule has 0 amide bonds. The van der Waals surface area contributed by atoms with Gasteiger partial charge in [-0.3, -0.25) is 4.68 Å². The second-order valence-electron chi connectivity index (χ2n) is 4.93. The first-order valence-corrected chi connectivity index (χ1v) is 7.47. The minimum atomic E-state index is -0.388. The second-order valence-corrected chi connectivity index (χ2v) is 5.84. The zero-order chi connectivity index (χ0) is 14.1. The molecule has 1 saturated heterocycles. The van der Waals surface area contributed by atoms with E-state index >= 15 is 0 Å². The normalized spacial score (nSPS) is 16.5. The quantitative estimate of drug-likeness (QED) is 0.855. The molecule has 0 aliphatic carbocycles. The van der Waals surface area contributed by atoms with E-state index in [0.29, 0.717) is 11.7 Å². The Bertz CT molecular complexity index is 647. The Morgan fingerprint density at radius 1 is 1.45 bits per heavy atom. The maximum Gasteiger partial charge on any atom is 0.359 e. The summed E-state index contributed by atoms with van der Waals surface area (Å²) in [4.78, 5) is 11.9. The molecule has 0 bridgehead atoms. The Morgan fingerprint density at radius 3 is 2.90 bits per heavy atom. The molecule has 3 rings (SSSR count). The van der Waals surface area contributed by atoms with Crippen LogP contribution in [0.25, 0.3) is 10.9 Å². The van der Waals surface area contributed by atoms with Crippen LogP contribution in [0.4, 0.5) is 0 Å². The van der Waals surface area contributed by atoms with E-state index in [2.05, 4.69) is 26.3 Å². The Hall–Kier alpha value is -1.40. The predicted octanol–water partition coefficient (Wildman–Crippen LogP) is 2.51. The van der Waals surface area contributed by atoms with Gasteiger partial charge in [0.25, 0.3) is 0 Å². The Kier molecular flexibility index (Phi) is 3.76. The number of nitrogens with one attached hydrogen (secondary N) is 1. The molecule has 0 unspecified atom stereocenters. The van der Waals surface area contributed by atoms with Crippen LogP contribution in [0.1, 0.15) is 29.4 Å². The zero-order valence-corrected chi connectivity index (χ0v) is 12.8.